The fourth-order valence-electron chi connectivity index (χ4n) is 1.66. The lowest BCUT2D eigenvalue weighted by atomic mass is 10.2. The Bertz CT molecular complexity index is 795. The molecule has 0 aliphatic heterocycles. The van der Waals surface area contributed by atoms with E-state index in [1.807, 2.05) is 0 Å². The zero-order chi connectivity index (χ0) is 14.9. The molecule has 1 aromatic carbocycles. The van der Waals surface area contributed by atoms with Crippen molar-refractivity contribution in [2.75, 3.05) is 0 Å². The van der Waals surface area contributed by atoms with Crippen LogP contribution in [0.5, 0.6) is 0 Å². The number of halogens is 2. The Kier molecular flexibility index (Phi) is 3.96. The Balaban J connectivity index is 2.67. The van der Waals surface area contributed by atoms with Gasteiger partial charge in [-0.3, -0.25) is 9.59 Å². The minimum absolute atomic E-state index is 0.0387. The van der Waals surface area contributed by atoms with Crippen molar-refractivity contribution in [3.8, 4) is 5.69 Å². The first-order valence-electron chi connectivity index (χ1n) is 5.41. The second-order valence-electron chi connectivity index (χ2n) is 3.93. The van der Waals surface area contributed by atoms with Gasteiger partial charge in [-0.25, -0.2) is 9.36 Å². The summed E-state index contributed by atoms with van der Waals surface area (Å²) in [6.07, 6.45) is 0.601. The fourth-order valence-corrected chi connectivity index (χ4v) is 1.95. The van der Waals surface area contributed by atoms with Crippen LogP contribution in [-0.4, -0.2) is 20.6 Å². The van der Waals surface area contributed by atoms with Gasteiger partial charge in [0.05, 0.1) is 22.2 Å². The molecule has 1 heterocycles. The number of aliphatic carboxylic acids is 1. The molecule has 0 saturated carbocycles. The molecule has 0 aliphatic carbocycles. The van der Waals surface area contributed by atoms with Crippen molar-refractivity contribution in [2.24, 2.45) is 0 Å². The lowest BCUT2D eigenvalue weighted by Crippen LogP contribution is -2.36. The number of hydrogen-bond donors (Lipinski definition) is 2. The zero-order valence-corrected chi connectivity index (χ0v) is 11.4. The molecule has 0 amide bonds. The minimum Gasteiger partial charge on any atom is -0.481 e. The standard InChI is InChI=1S/C12H8Cl2N2O4/c13-8-2-1-7(4-9(8)14)16-11(19)6(3-10(17)18)5-15-12(16)20/h1-2,4-5H,3H2,(H,15,20)(H,17,18). The number of carboxylic acid groups (broad SMARTS) is 1. The Morgan fingerprint density at radius 2 is 1.95 bits per heavy atom. The van der Waals surface area contributed by atoms with Crippen molar-refractivity contribution in [3.63, 3.8) is 0 Å². The molecule has 0 bridgehead atoms. The van der Waals surface area contributed by atoms with Gasteiger partial charge in [-0.05, 0) is 18.2 Å². The highest BCUT2D eigenvalue weighted by Crippen LogP contribution is 2.23. The number of carbonyl (C=O) groups is 1. The van der Waals surface area contributed by atoms with Gasteiger partial charge in [0.25, 0.3) is 5.56 Å². The zero-order valence-electron chi connectivity index (χ0n) is 9.89. The van der Waals surface area contributed by atoms with Crippen LogP contribution in [0.1, 0.15) is 5.56 Å². The molecule has 2 N–H and O–H groups in total. The first-order valence-corrected chi connectivity index (χ1v) is 6.16. The predicted octanol–water partition coefficient (Wildman–Crippen LogP) is 1.46. The van der Waals surface area contributed by atoms with E-state index in [0.717, 1.165) is 10.8 Å². The van der Waals surface area contributed by atoms with Gasteiger partial charge in [-0.2, -0.15) is 0 Å². The molecular formula is C12H8Cl2N2O4. The summed E-state index contributed by atoms with van der Waals surface area (Å²) in [6, 6.07) is 4.23. The first-order chi connectivity index (χ1) is 9.40. The summed E-state index contributed by atoms with van der Waals surface area (Å²) in [6.45, 7) is 0. The summed E-state index contributed by atoms with van der Waals surface area (Å²) < 4.78 is 0.806. The number of rotatable bonds is 3. The number of aromatic amines is 1. The van der Waals surface area contributed by atoms with E-state index >= 15 is 0 Å². The Morgan fingerprint density at radius 1 is 1.25 bits per heavy atom. The number of nitrogens with one attached hydrogen (secondary N) is 1. The van der Waals surface area contributed by atoms with Crippen LogP contribution in [-0.2, 0) is 11.2 Å². The van der Waals surface area contributed by atoms with Gasteiger partial charge in [0.15, 0.2) is 0 Å². The van der Waals surface area contributed by atoms with Gasteiger partial charge in [-0.1, -0.05) is 23.2 Å². The Labute approximate surface area is 122 Å². The van der Waals surface area contributed by atoms with Crippen LogP contribution in [0.3, 0.4) is 0 Å². The Morgan fingerprint density at radius 3 is 2.55 bits per heavy atom. The molecular weight excluding hydrogens is 307 g/mol. The molecule has 0 radical (unpaired) electrons. The molecule has 0 saturated heterocycles. The van der Waals surface area contributed by atoms with Crippen LogP contribution in [0.25, 0.3) is 5.69 Å². The molecule has 2 rings (SSSR count). The quantitative estimate of drug-likeness (QED) is 0.897. The molecule has 1 aromatic heterocycles. The van der Waals surface area contributed by atoms with Gasteiger partial charge in [0.1, 0.15) is 0 Å². The van der Waals surface area contributed by atoms with E-state index < -0.39 is 23.6 Å². The lowest BCUT2D eigenvalue weighted by molar-refractivity contribution is -0.136. The maximum atomic E-state index is 12.1. The van der Waals surface area contributed by atoms with Crippen LogP contribution in [0, 0.1) is 0 Å². The van der Waals surface area contributed by atoms with Crippen LogP contribution in [0.15, 0.2) is 34.0 Å². The number of H-pyrrole nitrogens is 1. The highest BCUT2D eigenvalue weighted by molar-refractivity contribution is 6.42. The monoisotopic (exact) mass is 314 g/mol. The Hall–Kier alpha value is -2.05. The van der Waals surface area contributed by atoms with Gasteiger partial charge in [-0.15, -0.1) is 0 Å². The largest absolute Gasteiger partial charge is 0.481 e. The SMILES string of the molecule is O=C(O)Cc1c[nH]c(=O)n(-c2ccc(Cl)c(Cl)c2)c1=O. The fraction of sp³-hybridized carbons (Fsp3) is 0.0833. The van der Waals surface area contributed by atoms with Crippen LogP contribution >= 0.6 is 23.2 Å². The molecule has 6 nitrogen and oxygen atoms in total. The molecule has 0 atom stereocenters. The molecule has 8 heteroatoms. The third kappa shape index (κ3) is 2.76. The van der Waals surface area contributed by atoms with Crippen molar-refractivity contribution >= 4 is 29.2 Å². The number of carboxylic acids is 1. The third-order valence-electron chi connectivity index (χ3n) is 2.55. The minimum atomic E-state index is -1.17. The molecule has 0 aliphatic rings. The summed E-state index contributed by atoms with van der Waals surface area (Å²) in [7, 11) is 0. The first kappa shape index (κ1) is 14.4. The molecule has 0 spiro atoms. The summed E-state index contributed by atoms with van der Waals surface area (Å²) in [5.74, 6) is -1.17. The average molecular weight is 315 g/mol. The van der Waals surface area contributed by atoms with Gasteiger partial charge in [0, 0.05) is 11.8 Å². The van der Waals surface area contributed by atoms with Crippen molar-refractivity contribution in [1.82, 2.24) is 9.55 Å². The molecule has 0 fully saturated rings. The molecule has 2 aromatic rings. The van der Waals surface area contributed by atoms with Crippen molar-refractivity contribution < 1.29 is 9.90 Å². The van der Waals surface area contributed by atoms with E-state index in [9.17, 15) is 14.4 Å². The highest BCUT2D eigenvalue weighted by atomic mass is 35.5. The predicted molar refractivity (Wildman–Crippen MR) is 74.0 cm³/mol. The molecule has 20 heavy (non-hydrogen) atoms. The van der Waals surface area contributed by atoms with Gasteiger partial charge in [0.2, 0.25) is 0 Å². The van der Waals surface area contributed by atoms with E-state index in [2.05, 4.69) is 4.98 Å². The molecule has 104 valence electrons. The van der Waals surface area contributed by atoms with Crippen molar-refractivity contribution in [2.45, 2.75) is 6.42 Å². The summed E-state index contributed by atoms with van der Waals surface area (Å²) in [5.41, 5.74) is -1.24. The van der Waals surface area contributed by atoms with Gasteiger partial charge >= 0.3 is 11.7 Å². The van der Waals surface area contributed by atoms with Crippen LogP contribution in [0.2, 0.25) is 10.0 Å². The van der Waals surface area contributed by atoms with E-state index in [4.69, 9.17) is 28.3 Å². The third-order valence-corrected chi connectivity index (χ3v) is 3.29. The van der Waals surface area contributed by atoms with Gasteiger partial charge < -0.3 is 10.1 Å². The second kappa shape index (κ2) is 5.52. The van der Waals surface area contributed by atoms with E-state index in [1.165, 1.54) is 18.2 Å². The number of benzene rings is 1. The lowest BCUT2D eigenvalue weighted by Gasteiger charge is -2.07. The maximum absolute atomic E-state index is 12.1. The summed E-state index contributed by atoms with van der Waals surface area (Å²) in [4.78, 5) is 36.9. The summed E-state index contributed by atoms with van der Waals surface area (Å²) in [5, 5.41) is 9.18. The van der Waals surface area contributed by atoms with Crippen molar-refractivity contribution in [3.05, 3.63) is 60.8 Å². The van der Waals surface area contributed by atoms with Crippen LogP contribution in [0.4, 0.5) is 0 Å². The maximum Gasteiger partial charge on any atom is 0.333 e. The van der Waals surface area contributed by atoms with E-state index in [0.29, 0.717) is 0 Å². The highest BCUT2D eigenvalue weighted by Gasteiger charge is 2.12. The smallest absolute Gasteiger partial charge is 0.333 e. The number of aromatic nitrogens is 2. The van der Waals surface area contributed by atoms with Crippen LogP contribution < -0.4 is 11.2 Å². The van der Waals surface area contributed by atoms with E-state index in [-0.39, 0.29) is 21.3 Å². The van der Waals surface area contributed by atoms with Crippen molar-refractivity contribution in [1.29, 1.82) is 0 Å². The number of nitrogens with zero attached hydrogens (tertiary/aromatic N) is 1. The van der Waals surface area contributed by atoms with E-state index in [1.54, 1.807) is 0 Å². The normalized spacial score (nSPS) is 10.5. The average Bonchev–Trinajstić information content (AvgIpc) is 2.37. The second-order valence-corrected chi connectivity index (χ2v) is 4.74. The molecule has 0 unspecified atom stereocenters. The summed E-state index contributed by atoms with van der Waals surface area (Å²) >= 11 is 11.6. The number of hydrogen-bond acceptors (Lipinski definition) is 3. The topological polar surface area (TPSA) is 92.2 Å².